The number of nitrogens with zero attached hydrogens (tertiary/aromatic N) is 4. The standard InChI is InChI=1S/C21H22F3N7O4/c22-21(23,24)11-27-16-7-13(1-4-26-16)20-29-15(10-35-20)19(33)28-14-9-31(30-17(14)18(25)32)8-12-2-5-34-6-3-12/h1,4,7,9-10,12H,2-3,5-6,8,11H2,(H2,25,32)(H,26,27)(H,28,33). The van der Waals surface area contributed by atoms with Crippen molar-refractivity contribution in [1.29, 1.82) is 0 Å². The number of aromatic nitrogens is 4. The highest BCUT2D eigenvalue weighted by molar-refractivity contribution is 6.07. The minimum absolute atomic E-state index is 0.00190. The monoisotopic (exact) mass is 493 g/mol. The number of hydrogen-bond acceptors (Lipinski definition) is 8. The minimum atomic E-state index is -4.41. The molecule has 3 aromatic heterocycles. The highest BCUT2D eigenvalue weighted by Crippen LogP contribution is 2.24. The van der Waals surface area contributed by atoms with Crippen molar-refractivity contribution in [3.05, 3.63) is 42.2 Å². The fourth-order valence-electron chi connectivity index (χ4n) is 3.53. The smallest absolute Gasteiger partial charge is 0.405 e. The Hall–Kier alpha value is -3.94. The summed E-state index contributed by atoms with van der Waals surface area (Å²) in [6.45, 7) is 0.599. The molecule has 0 radical (unpaired) electrons. The van der Waals surface area contributed by atoms with Gasteiger partial charge in [0.2, 0.25) is 5.89 Å². The Morgan fingerprint density at radius 3 is 2.74 bits per heavy atom. The van der Waals surface area contributed by atoms with Crippen LogP contribution in [0.1, 0.15) is 33.8 Å². The highest BCUT2D eigenvalue weighted by Gasteiger charge is 2.27. The van der Waals surface area contributed by atoms with Crippen molar-refractivity contribution in [3.63, 3.8) is 0 Å². The van der Waals surface area contributed by atoms with Gasteiger partial charge in [-0.1, -0.05) is 0 Å². The molecule has 0 atom stereocenters. The summed E-state index contributed by atoms with van der Waals surface area (Å²) in [4.78, 5) is 32.5. The molecule has 11 nitrogen and oxygen atoms in total. The fourth-order valence-corrected chi connectivity index (χ4v) is 3.53. The second-order valence-electron chi connectivity index (χ2n) is 7.92. The van der Waals surface area contributed by atoms with E-state index in [4.69, 9.17) is 14.9 Å². The number of carbonyl (C=O) groups excluding carboxylic acids is 2. The quantitative estimate of drug-likeness (QED) is 0.433. The number of nitrogens with one attached hydrogen (secondary N) is 2. The Morgan fingerprint density at radius 2 is 2.03 bits per heavy atom. The van der Waals surface area contributed by atoms with Crippen LogP contribution in [-0.4, -0.2) is 57.5 Å². The van der Waals surface area contributed by atoms with E-state index in [0.717, 1.165) is 19.1 Å². The van der Waals surface area contributed by atoms with E-state index >= 15 is 0 Å². The van der Waals surface area contributed by atoms with Crippen molar-refractivity contribution < 1.29 is 31.9 Å². The van der Waals surface area contributed by atoms with Gasteiger partial charge in [-0.3, -0.25) is 14.3 Å². The molecule has 3 aromatic rings. The molecule has 0 bridgehead atoms. The maximum absolute atomic E-state index is 12.7. The van der Waals surface area contributed by atoms with E-state index in [9.17, 15) is 22.8 Å². The summed E-state index contributed by atoms with van der Waals surface area (Å²) < 4.78 is 49.5. The molecule has 14 heteroatoms. The van der Waals surface area contributed by atoms with Gasteiger partial charge in [-0.05, 0) is 30.9 Å². The molecule has 1 aliphatic heterocycles. The molecule has 0 aromatic carbocycles. The number of ether oxygens (including phenoxy) is 1. The number of halogens is 3. The van der Waals surface area contributed by atoms with Gasteiger partial charge in [0, 0.05) is 37.7 Å². The number of anilines is 2. The van der Waals surface area contributed by atoms with E-state index in [1.165, 1.54) is 24.5 Å². The summed E-state index contributed by atoms with van der Waals surface area (Å²) >= 11 is 0. The molecule has 0 spiro atoms. The number of nitrogens with two attached hydrogens (primary N) is 1. The molecule has 1 fully saturated rings. The van der Waals surface area contributed by atoms with Crippen molar-refractivity contribution >= 4 is 23.3 Å². The number of oxazole rings is 1. The molecular weight excluding hydrogens is 471 g/mol. The topological polar surface area (TPSA) is 150 Å². The van der Waals surface area contributed by atoms with Crippen molar-refractivity contribution in [2.24, 2.45) is 11.7 Å². The molecule has 0 saturated carbocycles. The third-order valence-electron chi connectivity index (χ3n) is 5.24. The lowest BCUT2D eigenvalue weighted by atomic mass is 10.0. The minimum Gasteiger partial charge on any atom is -0.444 e. The third-order valence-corrected chi connectivity index (χ3v) is 5.24. The molecule has 4 N–H and O–H groups in total. The van der Waals surface area contributed by atoms with Crippen LogP contribution in [-0.2, 0) is 11.3 Å². The Kier molecular flexibility index (Phi) is 7.00. The van der Waals surface area contributed by atoms with Gasteiger partial charge in [0.15, 0.2) is 11.4 Å². The molecule has 4 rings (SSSR count). The average molecular weight is 493 g/mol. The van der Waals surface area contributed by atoms with Gasteiger partial charge in [0.1, 0.15) is 18.6 Å². The van der Waals surface area contributed by atoms with Crippen molar-refractivity contribution in [1.82, 2.24) is 19.7 Å². The Labute approximate surface area is 196 Å². The summed E-state index contributed by atoms with van der Waals surface area (Å²) in [5.74, 6) is -1.20. The molecule has 4 heterocycles. The zero-order valence-corrected chi connectivity index (χ0v) is 18.3. The predicted octanol–water partition coefficient (Wildman–Crippen LogP) is 2.69. The van der Waals surface area contributed by atoms with Gasteiger partial charge >= 0.3 is 6.18 Å². The van der Waals surface area contributed by atoms with Gasteiger partial charge in [-0.2, -0.15) is 18.3 Å². The molecule has 1 saturated heterocycles. The first-order valence-corrected chi connectivity index (χ1v) is 10.7. The fraction of sp³-hybridized carbons (Fsp3) is 0.381. The Morgan fingerprint density at radius 1 is 1.26 bits per heavy atom. The van der Waals surface area contributed by atoms with Crippen LogP contribution in [0.15, 0.2) is 35.2 Å². The summed E-state index contributed by atoms with van der Waals surface area (Å²) in [6.07, 6.45) is 1.20. The van der Waals surface area contributed by atoms with Crippen LogP contribution in [0.25, 0.3) is 11.5 Å². The molecule has 0 unspecified atom stereocenters. The van der Waals surface area contributed by atoms with Gasteiger partial charge in [0.05, 0.1) is 5.69 Å². The van der Waals surface area contributed by atoms with Gasteiger partial charge < -0.3 is 25.5 Å². The normalized spacial score (nSPS) is 14.6. The van der Waals surface area contributed by atoms with Crippen LogP contribution in [0, 0.1) is 5.92 Å². The van der Waals surface area contributed by atoms with Gasteiger partial charge in [-0.25, -0.2) is 9.97 Å². The predicted molar refractivity (Wildman–Crippen MR) is 117 cm³/mol. The second-order valence-corrected chi connectivity index (χ2v) is 7.92. The first-order chi connectivity index (χ1) is 16.7. The number of carbonyl (C=O) groups is 2. The first-order valence-electron chi connectivity index (χ1n) is 10.7. The largest absolute Gasteiger partial charge is 0.444 e. The lowest BCUT2D eigenvalue weighted by Crippen LogP contribution is -2.21. The zero-order valence-electron chi connectivity index (χ0n) is 18.3. The maximum atomic E-state index is 12.7. The molecule has 0 aliphatic carbocycles. The first kappa shape index (κ1) is 24.2. The van der Waals surface area contributed by atoms with E-state index in [1.54, 1.807) is 4.68 Å². The van der Waals surface area contributed by atoms with Crippen molar-refractivity contribution in [3.8, 4) is 11.5 Å². The van der Waals surface area contributed by atoms with Crippen LogP contribution in [0.3, 0.4) is 0 Å². The summed E-state index contributed by atoms with van der Waals surface area (Å²) in [6, 6.07) is 2.78. The second kappa shape index (κ2) is 10.1. The summed E-state index contributed by atoms with van der Waals surface area (Å²) in [5, 5.41) is 8.92. The summed E-state index contributed by atoms with van der Waals surface area (Å²) in [5.41, 5.74) is 5.65. The molecule has 1 aliphatic rings. The van der Waals surface area contributed by atoms with Crippen LogP contribution in [0.4, 0.5) is 24.7 Å². The van der Waals surface area contributed by atoms with Crippen LogP contribution < -0.4 is 16.4 Å². The van der Waals surface area contributed by atoms with E-state index < -0.39 is 24.5 Å². The lowest BCUT2D eigenvalue weighted by molar-refractivity contribution is -0.115. The Balaban J connectivity index is 1.46. The van der Waals surface area contributed by atoms with Crippen molar-refractivity contribution in [2.75, 3.05) is 30.4 Å². The van der Waals surface area contributed by atoms with E-state index in [-0.39, 0.29) is 28.8 Å². The maximum Gasteiger partial charge on any atom is 0.405 e. The van der Waals surface area contributed by atoms with Gasteiger partial charge in [-0.15, -0.1) is 0 Å². The molecular formula is C21H22F3N7O4. The number of hydrogen-bond donors (Lipinski definition) is 3. The van der Waals surface area contributed by atoms with Crippen LogP contribution in [0.2, 0.25) is 0 Å². The van der Waals surface area contributed by atoms with E-state index in [2.05, 4.69) is 25.7 Å². The number of pyridine rings is 1. The summed E-state index contributed by atoms with van der Waals surface area (Å²) in [7, 11) is 0. The van der Waals surface area contributed by atoms with Gasteiger partial charge in [0.25, 0.3) is 11.8 Å². The zero-order chi connectivity index (χ0) is 25.0. The molecule has 186 valence electrons. The number of alkyl halides is 3. The average Bonchev–Trinajstić information content (AvgIpc) is 3.46. The number of rotatable bonds is 8. The number of primary amides is 1. The Bertz CT molecular complexity index is 1200. The van der Waals surface area contributed by atoms with Crippen molar-refractivity contribution in [2.45, 2.75) is 25.6 Å². The van der Waals surface area contributed by atoms with Crippen LogP contribution in [0.5, 0.6) is 0 Å². The molecule has 35 heavy (non-hydrogen) atoms. The lowest BCUT2D eigenvalue weighted by Gasteiger charge is -2.21. The highest BCUT2D eigenvalue weighted by atomic mass is 19.4. The molecule has 2 amide bonds. The van der Waals surface area contributed by atoms with Crippen LogP contribution >= 0.6 is 0 Å². The third kappa shape index (κ3) is 6.35. The number of amides is 2. The van der Waals surface area contributed by atoms with E-state index in [1.807, 2.05) is 0 Å². The van der Waals surface area contributed by atoms with E-state index in [0.29, 0.717) is 31.2 Å². The SMILES string of the molecule is NC(=O)c1nn(CC2CCOCC2)cc1NC(=O)c1coc(-c2ccnc(NCC(F)(F)F)c2)n1.